The van der Waals surface area contributed by atoms with Crippen LogP contribution < -0.4 is 5.32 Å². The molecule has 0 radical (unpaired) electrons. The van der Waals surface area contributed by atoms with Gasteiger partial charge in [0.1, 0.15) is 0 Å². The van der Waals surface area contributed by atoms with Crippen molar-refractivity contribution in [1.82, 2.24) is 10.2 Å². The van der Waals surface area contributed by atoms with Gasteiger partial charge in [-0.15, -0.1) is 11.8 Å². The molecule has 86 valence electrons. The summed E-state index contributed by atoms with van der Waals surface area (Å²) in [4.78, 5) is 14.2. The summed E-state index contributed by atoms with van der Waals surface area (Å²) in [5.41, 5.74) is 0. The van der Waals surface area contributed by atoms with E-state index in [-0.39, 0.29) is 5.92 Å². The van der Waals surface area contributed by atoms with Crippen molar-refractivity contribution in [3.8, 4) is 0 Å². The molecule has 2 rings (SSSR count). The maximum atomic E-state index is 12.1. The molecule has 2 heterocycles. The topological polar surface area (TPSA) is 32.3 Å². The van der Waals surface area contributed by atoms with E-state index in [0.717, 1.165) is 19.6 Å². The van der Waals surface area contributed by atoms with Gasteiger partial charge in [-0.3, -0.25) is 4.79 Å². The molecule has 0 spiro atoms. The van der Waals surface area contributed by atoms with Crippen LogP contribution in [0.15, 0.2) is 0 Å². The fourth-order valence-corrected chi connectivity index (χ4v) is 3.62. The monoisotopic (exact) mass is 228 g/mol. The summed E-state index contributed by atoms with van der Waals surface area (Å²) in [5, 5.41) is 3.78. The standard InChI is InChI=1S/C11H20N2OS/c1-9-8-12-5-6-13(11(9)14)10-4-2-3-7-15-10/h9-10,12H,2-8H2,1H3. The Morgan fingerprint density at radius 2 is 2.33 bits per heavy atom. The maximum Gasteiger partial charge on any atom is 0.227 e. The van der Waals surface area contributed by atoms with Crippen molar-refractivity contribution in [2.45, 2.75) is 31.6 Å². The lowest BCUT2D eigenvalue weighted by Crippen LogP contribution is -2.42. The molecular weight excluding hydrogens is 208 g/mol. The number of hydrogen-bond acceptors (Lipinski definition) is 3. The Morgan fingerprint density at radius 3 is 3.07 bits per heavy atom. The van der Waals surface area contributed by atoms with Crippen LogP contribution in [0, 0.1) is 5.92 Å². The molecule has 4 heteroatoms. The number of rotatable bonds is 1. The molecule has 15 heavy (non-hydrogen) atoms. The summed E-state index contributed by atoms with van der Waals surface area (Å²) >= 11 is 1.96. The molecule has 2 saturated heterocycles. The van der Waals surface area contributed by atoms with Crippen LogP contribution >= 0.6 is 11.8 Å². The summed E-state index contributed by atoms with van der Waals surface area (Å²) in [7, 11) is 0. The van der Waals surface area contributed by atoms with Crippen molar-refractivity contribution in [3.63, 3.8) is 0 Å². The van der Waals surface area contributed by atoms with Crippen molar-refractivity contribution in [1.29, 1.82) is 0 Å². The van der Waals surface area contributed by atoms with Crippen LogP contribution in [0.3, 0.4) is 0 Å². The molecule has 1 amide bonds. The lowest BCUT2D eigenvalue weighted by atomic mass is 10.1. The van der Waals surface area contributed by atoms with Crippen LogP contribution in [-0.2, 0) is 4.79 Å². The molecule has 2 unspecified atom stereocenters. The molecule has 0 bridgehead atoms. The Bertz CT molecular complexity index is 229. The number of nitrogens with one attached hydrogen (secondary N) is 1. The van der Waals surface area contributed by atoms with Gasteiger partial charge in [0.25, 0.3) is 0 Å². The number of amides is 1. The number of thioether (sulfide) groups is 1. The van der Waals surface area contributed by atoms with Gasteiger partial charge in [-0.1, -0.05) is 6.92 Å². The molecule has 2 aliphatic rings. The summed E-state index contributed by atoms with van der Waals surface area (Å²) in [6.45, 7) is 4.71. The third-order valence-electron chi connectivity index (χ3n) is 3.19. The van der Waals surface area contributed by atoms with E-state index in [2.05, 4.69) is 10.2 Å². The first kappa shape index (κ1) is 11.3. The lowest BCUT2D eigenvalue weighted by molar-refractivity contribution is -0.134. The Morgan fingerprint density at radius 1 is 1.47 bits per heavy atom. The summed E-state index contributed by atoms with van der Waals surface area (Å²) in [6, 6.07) is 0. The predicted molar refractivity (Wildman–Crippen MR) is 63.8 cm³/mol. The molecule has 0 saturated carbocycles. The first-order chi connectivity index (χ1) is 7.29. The van der Waals surface area contributed by atoms with Gasteiger partial charge in [0.05, 0.1) is 5.37 Å². The molecule has 2 atom stereocenters. The third-order valence-corrected chi connectivity index (χ3v) is 4.59. The zero-order chi connectivity index (χ0) is 10.7. The van der Waals surface area contributed by atoms with Crippen LogP contribution in [-0.4, -0.2) is 41.6 Å². The van der Waals surface area contributed by atoms with Crippen molar-refractivity contribution in [2.24, 2.45) is 5.92 Å². The van der Waals surface area contributed by atoms with E-state index < -0.39 is 0 Å². The molecule has 0 aromatic rings. The highest BCUT2D eigenvalue weighted by atomic mass is 32.2. The van der Waals surface area contributed by atoms with Gasteiger partial charge in [0.2, 0.25) is 5.91 Å². The first-order valence-corrected chi connectivity index (χ1v) is 6.96. The van der Waals surface area contributed by atoms with Crippen LogP contribution in [0.4, 0.5) is 0 Å². The van der Waals surface area contributed by atoms with E-state index in [1.807, 2.05) is 18.7 Å². The zero-order valence-corrected chi connectivity index (χ0v) is 10.2. The van der Waals surface area contributed by atoms with Crippen LogP contribution in [0.2, 0.25) is 0 Å². The zero-order valence-electron chi connectivity index (χ0n) is 9.37. The van der Waals surface area contributed by atoms with Gasteiger partial charge >= 0.3 is 0 Å². The minimum absolute atomic E-state index is 0.148. The summed E-state index contributed by atoms with van der Waals surface area (Å²) in [5.74, 6) is 1.71. The largest absolute Gasteiger partial charge is 0.329 e. The molecule has 0 aromatic heterocycles. The minimum atomic E-state index is 0.148. The van der Waals surface area contributed by atoms with Crippen LogP contribution in [0.25, 0.3) is 0 Å². The SMILES string of the molecule is CC1CNCCN(C2CCCCS2)C1=O. The predicted octanol–water partition coefficient (Wildman–Crippen LogP) is 1.30. The quantitative estimate of drug-likeness (QED) is 0.734. The van der Waals surface area contributed by atoms with Crippen LogP contribution in [0.5, 0.6) is 0 Å². The molecule has 2 aliphatic heterocycles. The number of carbonyl (C=O) groups excluding carboxylic acids is 1. The highest BCUT2D eigenvalue weighted by Crippen LogP contribution is 2.29. The normalized spacial score (nSPS) is 33.9. The average Bonchev–Trinajstić information content (AvgIpc) is 2.44. The number of nitrogens with zero attached hydrogens (tertiary/aromatic N) is 1. The summed E-state index contributed by atoms with van der Waals surface area (Å²) in [6.07, 6.45) is 3.78. The lowest BCUT2D eigenvalue weighted by Gasteiger charge is -2.33. The van der Waals surface area contributed by atoms with Gasteiger partial charge in [-0.2, -0.15) is 0 Å². The Balaban J connectivity index is 2.00. The molecule has 3 nitrogen and oxygen atoms in total. The van der Waals surface area contributed by atoms with Crippen molar-refractivity contribution < 1.29 is 4.79 Å². The Hall–Kier alpha value is -0.220. The van der Waals surface area contributed by atoms with Crippen molar-refractivity contribution in [3.05, 3.63) is 0 Å². The maximum absolute atomic E-state index is 12.1. The molecule has 0 aliphatic carbocycles. The summed E-state index contributed by atoms with van der Waals surface area (Å²) < 4.78 is 0. The second-order valence-electron chi connectivity index (χ2n) is 4.46. The van der Waals surface area contributed by atoms with Crippen molar-refractivity contribution in [2.75, 3.05) is 25.4 Å². The fourth-order valence-electron chi connectivity index (χ4n) is 2.25. The van der Waals surface area contributed by atoms with E-state index in [4.69, 9.17) is 0 Å². The number of hydrogen-bond donors (Lipinski definition) is 1. The Kier molecular flexibility index (Phi) is 3.92. The average molecular weight is 228 g/mol. The molecule has 0 aromatic carbocycles. The van der Waals surface area contributed by atoms with E-state index in [1.165, 1.54) is 25.0 Å². The van der Waals surface area contributed by atoms with Gasteiger partial charge < -0.3 is 10.2 Å². The van der Waals surface area contributed by atoms with Gasteiger partial charge in [0, 0.05) is 25.6 Å². The highest BCUT2D eigenvalue weighted by molar-refractivity contribution is 7.99. The van der Waals surface area contributed by atoms with Gasteiger partial charge in [-0.25, -0.2) is 0 Å². The molecule has 2 fully saturated rings. The number of carbonyl (C=O) groups is 1. The molecule has 1 N–H and O–H groups in total. The third kappa shape index (κ3) is 2.67. The Labute approximate surface area is 96.0 Å². The minimum Gasteiger partial charge on any atom is -0.329 e. The van der Waals surface area contributed by atoms with Gasteiger partial charge in [-0.05, 0) is 25.0 Å². The second-order valence-corrected chi connectivity index (χ2v) is 5.74. The van der Waals surface area contributed by atoms with Crippen molar-refractivity contribution >= 4 is 17.7 Å². The van der Waals surface area contributed by atoms with E-state index in [0.29, 0.717) is 11.3 Å². The van der Waals surface area contributed by atoms with Gasteiger partial charge in [0.15, 0.2) is 0 Å². The van der Waals surface area contributed by atoms with E-state index in [9.17, 15) is 4.79 Å². The first-order valence-electron chi connectivity index (χ1n) is 5.92. The smallest absolute Gasteiger partial charge is 0.227 e. The highest BCUT2D eigenvalue weighted by Gasteiger charge is 2.30. The fraction of sp³-hybridized carbons (Fsp3) is 0.909. The van der Waals surface area contributed by atoms with E-state index >= 15 is 0 Å². The van der Waals surface area contributed by atoms with Crippen LogP contribution in [0.1, 0.15) is 26.2 Å². The molecular formula is C11H20N2OS. The van der Waals surface area contributed by atoms with E-state index in [1.54, 1.807) is 0 Å². The second kappa shape index (κ2) is 5.21.